The number of aliphatic hydroxyl groups excluding tert-OH is 1. The summed E-state index contributed by atoms with van der Waals surface area (Å²) in [6, 6.07) is 9.92. The van der Waals surface area contributed by atoms with Gasteiger partial charge in [0.05, 0.1) is 53.8 Å². The zero-order chi connectivity index (χ0) is 58.2. The number of oxime groups is 1. The smallest absolute Gasteiger partial charge is 0.422 e. The Labute approximate surface area is 472 Å². The fraction of sp³-hybridized carbons (Fsp3) is 0.833. The maximum Gasteiger partial charge on any atom is 0.422 e. The van der Waals surface area contributed by atoms with Gasteiger partial charge in [0.15, 0.2) is 24.8 Å². The summed E-state index contributed by atoms with van der Waals surface area (Å²) in [5.41, 5.74) is 2.49. The van der Waals surface area contributed by atoms with Gasteiger partial charge in [-0.3, -0.25) is 15.0 Å². The molecule has 5 rings (SSSR count). The molecule has 0 aromatic heterocycles. The molecule has 1 amide bonds. The largest absolute Gasteiger partial charge is 0.459 e. The summed E-state index contributed by atoms with van der Waals surface area (Å²) in [5, 5.41) is 42.6. The summed E-state index contributed by atoms with van der Waals surface area (Å²) in [7, 11) is 5.29. The van der Waals surface area contributed by atoms with Gasteiger partial charge in [-0.05, 0) is 118 Å². The fourth-order valence-electron chi connectivity index (χ4n) is 12.8. The lowest BCUT2D eigenvalue weighted by Crippen LogP contribution is -2.62. The van der Waals surface area contributed by atoms with E-state index in [2.05, 4.69) is 23.0 Å². The van der Waals surface area contributed by atoms with Crippen molar-refractivity contribution in [3.8, 4) is 0 Å². The van der Waals surface area contributed by atoms with Gasteiger partial charge in [-0.15, -0.1) is 0 Å². The number of carbonyl (C=O) groups is 3. The first-order valence-electron chi connectivity index (χ1n) is 29.6. The number of unbranched alkanes of at least 4 members (excludes halogenated alkanes) is 2. The summed E-state index contributed by atoms with van der Waals surface area (Å²) in [4.78, 5) is 49.0. The minimum absolute atomic E-state index is 0.0301. The molecule has 3 aliphatic heterocycles. The van der Waals surface area contributed by atoms with Gasteiger partial charge in [0.25, 0.3) is 0 Å². The van der Waals surface area contributed by atoms with Crippen LogP contribution < -0.4 is 10.9 Å². The number of aryl methyl sites for hydroxylation is 1. The predicted octanol–water partition coefficient (Wildman–Crippen LogP) is 8.17. The number of esters is 2. The summed E-state index contributed by atoms with van der Waals surface area (Å²) in [6.07, 6.45) is 1.25. The highest BCUT2D eigenvalue weighted by molar-refractivity contribution is 5.88. The van der Waals surface area contributed by atoms with Crippen molar-refractivity contribution in [1.29, 1.82) is 0 Å². The molecule has 19 nitrogen and oxygen atoms in total. The summed E-state index contributed by atoms with van der Waals surface area (Å²) in [6.45, 7) is 19.5. The number of ether oxygens (including phenoxy) is 8. The monoisotopic (exact) mass is 1120 g/mol. The van der Waals surface area contributed by atoms with Crippen LogP contribution in [0.4, 0.5) is 4.79 Å². The van der Waals surface area contributed by atoms with Crippen molar-refractivity contribution in [3.63, 3.8) is 0 Å². The first-order chi connectivity index (χ1) is 37.3. The normalized spacial score (nSPS) is 37.9. The topological polar surface area (TPSA) is 235 Å². The number of cyclic esters (lactones) is 1. The van der Waals surface area contributed by atoms with Crippen LogP contribution in [0.3, 0.4) is 0 Å². The van der Waals surface area contributed by atoms with Crippen molar-refractivity contribution >= 4 is 23.7 Å². The highest BCUT2D eigenvalue weighted by Gasteiger charge is 2.55. The Morgan fingerprint density at radius 3 is 2.20 bits per heavy atom. The Bertz CT molecular complexity index is 2040. The predicted molar refractivity (Wildman–Crippen MR) is 299 cm³/mol. The first kappa shape index (κ1) is 66.3. The van der Waals surface area contributed by atoms with Crippen molar-refractivity contribution in [2.24, 2.45) is 34.7 Å². The Hall–Kier alpha value is -3.50. The summed E-state index contributed by atoms with van der Waals surface area (Å²) >= 11 is 0. The number of aliphatic hydroxyl groups is 3. The van der Waals surface area contributed by atoms with Crippen LogP contribution in [-0.4, -0.2) is 163 Å². The quantitative estimate of drug-likeness (QED) is 0.0338. The van der Waals surface area contributed by atoms with Crippen LogP contribution in [-0.2, 0) is 58.7 Å². The van der Waals surface area contributed by atoms with Gasteiger partial charge in [0, 0.05) is 44.8 Å². The highest BCUT2D eigenvalue weighted by atomic mass is 16.7. The SMILES string of the molecule is CC[C@H]1OC(=O)[C@H](C)[C@@H](O[C@H]2C[C@@](C)(OC)[C@@H](OC(C)=O)[C@H](C)O2)[C@H](C)[C@@H](O[C@@H]2O[C@H](C)C[C@H](N(C)C)[C@H]2OC(=O)NNCCCCCc2ccccc2)C(C)(O)C[C@@H](C)/C(=N\OCCCC2CCCCC2)[C@H](C)[C@@H](O)[C@]1(C)O. The van der Waals surface area contributed by atoms with Crippen molar-refractivity contribution in [1.82, 2.24) is 15.8 Å². The van der Waals surface area contributed by atoms with Crippen LogP contribution in [0, 0.1) is 29.6 Å². The van der Waals surface area contributed by atoms with E-state index < -0.39 is 126 Å². The maximum atomic E-state index is 14.8. The van der Waals surface area contributed by atoms with E-state index in [1.807, 2.05) is 51.0 Å². The second kappa shape index (κ2) is 30.7. The van der Waals surface area contributed by atoms with Crippen molar-refractivity contribution < 1.29 is 72.4 Å². The number of benzene rings is 1. The number of rotatable bonds is 21. The van der Waals surface area contributed by atoms with Gasteiger partial charge in [-0.2, -0.15) is 0 Å². The molecule has 18 atom stereocenters. The van der Waals surface area contributed by atoms with Crippen LogP contribution in [0.5, 0.6) is 0 Å². The Morgan fingerprint density at radius 1 is 0.861 bits per heavy atom. The van der Waals surface area contributed by atoms with Crippen molar-refractivity contribution in [2.45, 2.75) is 257 Å². The standard InChI is InChI=1S/C60H102N4O15/c1-15-47-60(11,70)52(66)39(4)49(63-72-33-25-31-45-28-21-17-22-29-45)37(2)35-58(9,69)53(40(5)50(41(6)55(67)76-47)77-48-36-59(10,71-14)54(42(7)74-48)75-43(8)65)79-56-51(46(64(12)13)34-38(3)73-56)78-57(68)62-61-32-24-18-23-30-44-26-19-16-20-27-44/h16,19-20,26-27,37-42,45-48,50-54,56,61,66,69-70H,15,17-18,21-25,28-36H2,1-14H3,(H,62,68)/b63-49+/t37-,38-,39+,40+,41-,42+,46+,47-,48+,50+,51-,52-,53-,54+,56+,58?,59-,60-/m1/s1. The number of hydrogen-bond donors (Lipinski definition) is 5. The zero-order valence-electron chi connectivity index (χ0n) is 50.3. The summed E-state index contributed by atoms with van der Waals surface area (Å²) in [5.74, 6) is -4.12. The average molecular weight is 1120 g/mol. The highest BCUT2D eigenvalue weighted by Crippen LogP contribution is 2.42. The summed E-state index contributed by atoms with van der Waals surface area (Å²) < 4.78 is 51.5. The lowest BCUT2D eigenvalue weighted by molar-refractivity contribution is -0.318. The van der Waals surface area contributed by atoms with Gasteiger partial charge >= 0.3 is 18.0 Å². The third kappa shape index (κ3) is 18.5. The number of hydrogen-bond acceptors (Lipinski definition) is 18. The maximum absolute atomic E-state index is 14.8. The molecule has 4 fully saturated rings. The van der Waals surface area contributed by atoms with E-state index in [4.69, 9.17) is 47.9 Å². The lowest BCUT2D eigenvalue weighted by Gasteiger charge is -2.49. The number of amides is 1. The molecule has 4 aliphatic rings. The molecule has 1 aromatic carbocycles. The second-order valence-electron chi connectivity index (χ2n) is 24.4. The van der Waals surface area contributed by atoms with E-state index in [-0.39, 0.29) is 19.3 Å². The molecule has 3 heterocycles. The lowest BCUT2D eigenvalue weighted by atomic mass is 9.73. The van der Waals surface area contributed by atoms with Gasteiger partial charge in [0.1, 0.15) is 23.9 Å². The molecule has 5 N–H and O–H groups in total. The number of carbonyl (C=O) groups excluding carboxylic acids is 3. The minimum Gasteiger partial charge on any atom is -0.459 e. The van der Waals surface area contributed by atoms with Gasteiger partial charge in [-0.1, -0.05) is 102 Å². The molecule has 79 heavy (non-hydrogen) atoms. The van der Waals surface area contributed by atoms with Gasteiger partial charge < -0.3 is 63.0 Å². The van der Waals surface area contributed by atoms with Crippen LogP contribution >= 0.6 is 0 Å². The van der Waals surface area contributed by atoms with E-state index in [1.54, 1.807) is 48.5 Å². The number of likely N-dealkylation sites (N-methyl/N-ethyl adjacent to an activating group) is 1. The molecular formula is C60H102N4O15. The molecule has 1 unspecified atom stereocenters. The molecule has 3 saturated heterocycles. The molecule has 0 spiro atoms. The molecule has 0 bridgehead atoms. The molecule has 0 radical (unpaired) electrons. The van der Waals surface area contributed by atoms with Gasteiger partial charge in [-0.25, -0.2) is 10.2 Å². The Balaban J connectivity index is 1.53. The van der Waals surface area contributed by atoms with Crippen LogP contribution in [0.25, 0.3) is 0 Å². The Morgan fingerprint density at radius 2 is 1.56 bits per heavy atom. The number of hydrazine groups is 1. The van der Waals surface area contributed by atoms with Crippen LogP contribution in [0.1, 0.15) is 172 Å². The van der Waals surface area contributed by atoms with E-state index in [0.29, 0.717) is 31.2 Å². The number of nitrogens with zero attached hydrogens (tertiary/aromatic N) is 2. The molecule has 1 aliphatic carbocycles. The van der Waals surface area contributed by atoms with E-state index in [1.165, 1.54) is 58.6 Å². The van der Waals surface area contributed by atoms with Crippen molar-refractivity contribution in [2.75, 3.05) is 34.4 Å². The van der Waals surface area contributed by atoms with Gasteiger partial charge in [0.2, 0.25) is 0 Å². The van der Waals surface area contributed by atoms with Crippen LogP contribution in [0.15, 0.2) is 35.5 Å². The Kier molecular flexibility index (Phi) is 25.8. The minimum atomic E-state index is -1.98. The number of nitrogens with one attached hydrogen (secondary N) is 2. The van der Waals surface area contributed by atoms with E-state index in [0.717, 1.165) is 38.5 Å². The molecule has 452 valence electrons. The number of methoxy groups -OCH3 is 1. The van der Waals surface area contributed by atoms with Crippen molar-refractivity contribution in [3.05, 3.63) is 35.9 Å². The average Bonchev–Trinajstić information content (AvgIpc) is 3.40. The third-order valence-electron chi connectivity index (χ3n) is 17.4. The van der Waals surface area contributed by atoms with Crippen LogP contribution in [0.2, 0.25) is 0 Å². The molecule has 1 saturated carbocycles. The zero-order valence-corrected chi connectivity index (χ0v) is 50.3. The second-order valence-corrected chi connectivity index (χ2v) is 24.4. The molecular weight excluding hydrogens is 1020 g/mol. The molecule has 1 aromatic rings. The fourth-order valence-corrected chi connectivity index (χ4v) is 12.8. The molecule has 19 heteroatoms. The first-order valence-corrected chi connectivity index (χ1v) is 29.6. The van der Waals surface area contributed by atoms with E-state index >= 15 is 0 Å². The third-order valence-corrected chi connectivity index (χ3v) is 17.4. The van der Waals surface area contributed by atoms with E-state index in [9.17, 15) is 29.7 Å².